The van der Waals surface area contributed by atoms with Crippen molar-refractivity contribution in [3.05, 3.63) is 54.0 Å². The third-order valence-corrected chi connectivity index (χ3v) is 3.17. The van der Waals surface area contributed by atoms with Gasteiger partial charge >= 0.3 is 0 Å². The Morgan fingerprint density at radius 3 is 2.43 bits per heavy atom. The number of aromatic nitrogens is 1. The molecule has 0 aliphatic rings. The van der Waals surface area contributed by atoms with E-state index in [4.69, 9.17) is 11.6 Å². The average Bonchev–Trinajstić information content (AvgIpc) is 2.57. The summed E-state index contributed by atoms with van der Waals surface area (Å²) >= 11 is 4.25. The Kier molecular flexibility index (Phi) is 13.1. The summed E-state index contributed by atoms with van der Waals surface area (Å²) in [6, 6.07) is 3.88. The van der Waals surface area contributed by atoms with Gasteiger partial charge in [0.05, 0.1) is 5.69 Å². The predicted octanol–water partition coefficient (Wildman–Crippen LogP) is 3.83. The number of allylic oxidation sites excluding steroid dienone is 5. The second-order valence-electron chi connectivity index (χ2n) is 4.98. The highest BCUT2D eigenvalue weighted by atomic mass is 32.1. The van der Waals surface area contributed by atoms with Crippen molar-refractivity contribution in [1.29, 1.82) is 0 Å². The van der Waals surface area contributed by atoms with Crippen LogP contribution in [0.5, 0.6) is 0 Å². The minimum Gasteiger partial charge on any atom is -0.331 e. The van der Waals surface area contributed by atoms with Crippen molar-refractivity contribution in [2.24, 2.45) is 11.6 Å². The van der Waals surface area contributed by atoms with Crippen molar-refractivity contribution < 1.29 is 0 Å². The molecule has 0 radical (unpaired) electrons. The van der Waals surface area contributed by atoms with E-state index in [1.54, 1.807) is 12.4 Å². The summed E-state index contributed by atoms with van der Waals surface area (Å²) in [4.78, 5) is 5.24. The van der Waals surface area contributed by atoms with Gasteiger partial charge in [-0.2, -0.15) is 0 Å². The van der Waals surface area contributed by atoms with Gasteiger partial charge in [0.1, 0.15) is 0 Å². The fraction of sp³-hybridized carbons (Fsp3) is 0.389. The number of nitrogens with one attached hydrogen (secondary N) is 1. The van der Waals surface area contributed by atoms with Gasteiger partial charge < -0.3 is 11.2 Å². The molecular formula is C18H30N4S. The number of hydrogen-bond acceptors (Lipinski definition) is 5. The van der Waals surface area contributed by atoms with Gasteiger partial charge in [-0.25, -0.2) is 0 Å². The summed E-state index contributed by atoms with van der Waals surface area (Å²) < 4.78 is 0. The molecule has 0 fully saturated rings. The molecule has 5 heteroatoms. The molecule has 1 aromatic heterocycles. The van der Waals surface area contributed by atoms with Gasteiger partial charge in [0.15, 0.2) is 0 Å². The summed E-state index contributed by atoms with van der Waals surface area (Å²) in [5.41, 5.74) is 10.6. The molecule has 1 aromatic rings. The van der Waals surface area contributed by atoms with Crippen molar-refractivity contribution >= 4 is 18.2 Å². The van der Waals surface area contributed by atoms with Crippen LogP contribution in [0.2, 0.25) is 0 Å². The zero-order chi connectivity index (χ0) is 17.5. The Morgan fingerprint density at radius 2 is 1.96 bits per heavy atom. The number of pyridine rings is 1. The van der Waals surface area contributed by atoms with Crippen LogP contribution >= 0.6 is 12.6 Å². The molecule has 0 aliphatic carbocycles. The largest absolute Gasteiger partial charge is 0.331 e. The summed E-state index contributed by atoms with van der Waals surface area (Å²) in [6.07, 6.45) is 13.0. The molecular weight excluding hydrogens is 304 g/mol. The molecule has 0 amide bonds. The number of hydrazine groups is 1. The van der Waals surface area contributed by atoms with Crippen molar-refractivity contribution in [1.82, 2.24) is 10.4 Å². The maximum Gasteiger partial charge on any atom is 0.0706 e. The lowest BCUT2D eigenvalue weighted by molar-refractivity contribution is 0.932. The minimum absolute atomic E-state index is 0.819. The molecule has 0 saturated carbocycles. The fourth-order valence-corrected chi connectivity index (χ4v) is 1.74. The van der Waals surface area contributed by atoms with Crippen LogP contribution in [0.1, 0.15) is 45.7 Å². The number of hydrogen-bond donors (Lipinski definition) is 4. The van der Waals surface area contributed by atoms with Crippen molar-refractivity contribution in [3.63, 3.8) is 0 Å². The van der Waals surface area contributed by atoms with Crippen LogP contribution in [0.15, 0.2) is 53.2 Å². The molecule has 1 rings (SSSR count). The Balaban J connectivity index is 0.00000108. The van der Waals surface area contributed by atoms with Crippen LogP contribution in [0.25, 0.3) is 5.57 Å². The van der Waals surface area contributed by atoms with Crippen LogP contribution < -0.4 is 17.0 Å². The maximum atomic E-state index is 5.29. The smallest absolute Gasteiger partial charge is 0.0706 e. The summed E-state index contributed by atoms with van der Waals surface area (Å²) in [5.74, 6) is 5.29. The van der Waals surface area contributed by atoms with Gasteiger partial charge in [-0.15, -0.1) is 12.6 Å². The van der Waals surface area contributed by atoms with Crippen LogP contribution in [-0.4, -0.2) is 11.5 Å². The predicted molar refractivity (Wildman–Crippen MR) is 104 cm³/mol. The average molecular weight is 335 g/mol. The first-order valence-corrected chi connectivity index (χ1v) is 8.40. The Labute approximate surface area is 146 Å². The molecule has 0 bridgehead atoms. The van der Waals surface area contributed by atoms with Crippen LogP contribution in [0, 0.1) is 0 Å². The van der Waals surface area contributed by atoms with E-state index < -0.39 is 0 Å². The standard InChI is InChI=1S/C15H21N3S.C3H9N/c1-3-4-5-6-12(2)14(9-10-18-16)15-8-7-13(19)11-17-15;1-2-3-4/h5-11,18-19H,3-4,16H2,1-2H3;2-4H2,1H3/b6-5+,10-9-,14-12-;. The highest BCUT2D eigenvalue weighted by Crippen LogP contribution is 2.20. The molecule has 0 atom stereocenters. The second kappa shape index (κ2) is 14.1. The van der Waals surface area contributed by atoms with Gasteiger partial charge in [0.2, 0.25) is 0 Å². The number of thiol groups is 1. The molecule has 4 nitrogen and oxygen atoms in total. The Hall–Kier alpha value is -1.56. The summed E-state index contributed by atoms with van der Waals surface area (Å²) in [6.45, 7) is 7.11. The molecule has 1 heterocycles. The van der Waals surface area contributed by atoms with Gasteiger partial charge in [-0.3, -0.25) is 10.8 Å². The number of unbranched alkanes of at least 4 members (excludes halogenated alkanes) is 1. The Bertz CT molecular complexity index is 502. The van der Waals surface area contributed by atoms with E-state index in [0.29, 0.717) is 0 Å². The van der Waals surface area contributed by atoms with Crippen LogP contribution in [0.4, 0.5) is 0 Å². The Morgan fingerprint density at radius 1 is 1.26 bits per heavy atom. The van der Waals surface area contributed by atoms with Crippen molar-refractivity contribution in [2.45, 2.75) is 44.9 Å². The lowest BCUT2D eigenvalue weighted by Gasteiger charge is -2.06. The molecule has 0 spiro atoms. The monoisotopic (exact) mass is 334 g/mol. The second-order valence-corrected chi connectivity index (χ2v) is 5.49. The molecule has 5 N–H and O–H groups in total. The molecule has 0 aromatic carbocycles. The van der Waals surface area contributed by atoms with E-state index in [-0.39, 0.29) is 0 Å². The number of nitrogens with zero attached hydrogens (tertiary/aromatic N) is 1. The lowest BCUT2D eigenvalue weighted by Crippen LogP contribution is -2.13. The normalized spacial score (nSPS) is 12.1. The topological polar surface area (TPSA) is 77.0 Å². The highest BCUT2D eigenvalue weighted by molar-refractivity contribution is 7.80. The molecule has 0 aliphatic heterocycles. The first kappa shape index (κ1) is 21.4. The number of rotatable bonds is 7. The SMILES string of the molecule is CCC/C=C/C(C)=C(/C=C\NN)c1ccc(S)cn1.CCCN. The van der Waals surface area contributed by atoms with Gasteiger partial charge in [0.25, 0.3) is 0 Å². The summed E-state index contributed by atoms with van der Waals surface area (Å²) in [7, 11) is 0. The van der Waals surface area contributed by atoms with Gasteiger partial charge in [-0.05, 0) is 50.1 Å². The van der Waals surface area contributed by atoms with E-state index in [1.165, 1.54) is 0 Å². The zero-order valence-corrected chi connectivity index (χ0v) is 15.3. The first-order valence-electron chi connectivity index (χ1n) is 7.96. The molecule has 23 heavy (non-hydrogen) atoms. The van der Waals surface area contributed by atoms with E-state index in [0.717, 1.165) is 47.5 Å². The third-order valence-electron chi connectivity index (χ3n) is 2.91. The van der Waals surface area contributed by atoms with Gasteiger partial charge in [0, 0.05) is 22.9 Å². The molecule has 128 valence electrons. The lowest BCUT2D eigenvalue weighted by atomic mass is 10.0. The zero-order valence-electron chi connectivity index (χ0n) is 14.4. The maximum absolute atomic E-state index is 5.29. The van der Waals surface area contributed by atoms with Crippen LogP contribution in [0.3, 0.4) is 0 Å². The highest BCUT2D eigenvalue weighted by Gasteiger charge is 2.02. The van der Waals surface area contributed by atoms with Crippen LogP contribution in [-0.2, 0) is 0 Å². The first-order chi connectivity index (χ1) is 11.1. The number of nitrogens with two attached hydrogens (primary N) is 2. The van der Waals surface area contributed by atoms with E-state index >= 15 is 0 Å². The quantitative estimate of drug-likeness (QED) is 0.264. The van der Waals surface area contributed by atoms with E-state index in [9.17, 15) is 0 Å². The molecule has 0 saturated heterocycles. The van der Waals surface area contributed by atoms with Gasteiger partial charge in [-0.1, -0.05) is 32.4 Å². The fourth-order valence-electron chi connectivity index (χ4n) is 1.61. The molecule has 0 unspecified atom stereocenters. The van der Waals surface area contributed by atoms with Crippen molar-refractivity contribution in [3.8, 4) is 0 Å². The van der Waals surface area contributed by atoms with E-state index in [2.05, 4.69) is 56.0 Å². The van der Waals surface area contributed by atoms with E-state index in [1.807, 2.05) is 18.2 Å². The third kappa shape index (κ3) is 9.94. The minimum atomic E-state index is 0.819. The summed E-state index contributed by atoms with van der Waals surface area (Å²) in [5, 5.41) is 0. The van der Waals surface area contributed by atoms with Crippen molar-refractivity contribution in [2.75, 3.05) is 6.54 Å².